The van der Waals surface area contributed by atoms with Gasteiger partial charge in [0.05, 0.1) is 34.2 Å². The molecule has 1 aliphatic heterocycles. The number of carbonyl (C=O) groups is 1. The van der Waals surface area contributed by atoms with E-state index in [2.05, 4.69) is 77.0 Å². The van der Waals surface area contributed by atoms with Crippen LogP contribution in [0.15, 0.2) is 66.9 Å². The van der Waals surface area contributed by atoms with Crippen LogP contribution in [0.25, 0.3) is 5.69 Å². The first-order valence-corrected chi connectivity index (χ1v) is 13.8. The van der Waals surface area contributed by atoms with E-state index in [1.165, 1.54) is 23.9 Å². The van der Waals surface area contributed by atoms with Gasteiger partial charge in [0.15, 0.2) is 5.11 Å². The zero-order chi connectivity index (χ0) is 28.6. The summed E-state index contributed by atoms with van der Waals surface area (Å²) in [6.07, 6.45) is 1.80. The zero-order valence-corrected chi connectivity index (χ0v) is 24.7. The molecule has 0 radical (unpaired) electrons. The maximum atomic E-state index is 12.1. The topological polar surface area (TPSA) is 71.4 Å². The third kappa shape index (κ3) is 5.10. The number of carbonyl (C=O) groups excluding carboxylic acids is 1. The first-order valence-electron chi connectivity index (χ1n) is 13.1. The summed E-state index contributed by atoms with van der Waals surface area (Å²) >= 11 is 12.6. The molecule has 0 aliphatic carbocycles. The minimum Gasteiger partial charge on any atom is -0.375 e. The van der Waals surface area contributed by atoms with Crippen molar-refractivity contribution in [3.8, 4) is 5.69 Å². The fourth-order valence-corrected chi connectivity index (χ4v) is 6.18. The molecule has 40 heavy (non-hydrogen) atoms. The van der Waals surface area contributed by atoms with Gasteiger partial charge in [-0.15, -0.1) is 0 Å². The van der Waals surface area contributed by atoms with Crippen LogP contribution in [-0.2, 0) is 9.53 Å². The van der Waals surface area contributed by atoms with E-state index in [0.29, 0.717) is 15.8 Å². The predicted molar refractivity (Wildman–Crippen MR) is 165 cm³/mol. The van der Waals surface area contributed by atoms with Crippen molar-refractivity contribution in [2.75, 3.05) is 23.9 Å². The van der Waals surface area contributed by atoms with Crippen molar-refractivity contribution in [2.24, 2.45) is 0 Å². The van der Waals surface area contributed by atoms with Gasteiger partial charge in [0.1, 0.15) is 6.61 Å². The first kappa shape index (κ1) is 27.8. The quantitative estimate of drug-likeness (QED) is 0.245. The highest BCUT2D eigenvalue weighted by Crippen LogP contribution is 2.45. The molecule has 5 rings (SSSR count). The van der Waals surface area contributed by atoms with Gasteiger partial charge in [0.2, 0.25) is 5.91 Å². The van der Waals surface area contributed by atoms with Crippen LogP contribution < -0.4 is 15.5 Å². The lowest BCUT2D eigenvalue weighted by molar-refractivity contribution is -0.119. The van der Waals surface area contributed by atoms with Gasteiger partial charge in [0, 0.05) is 30.4 Å². The number of benzene rings is 2. The van der Waals surface area contributed by atoms with Crippen molar-refractivity contribution >= 4 is 46.2 Å². The van der Waals surface area contributed by atoms with E-state index in [4.69, 9.17) is 28.6 Å². The summed E-state index contributed by atoms with van der Waals surface area (Å²) in [7, 11) is 1.47. The molecule has 0 spiro atoms. The van der Waals surface area contributed by atoms with Crippen molar-refractivity contribution in [1.29, 1.82) is 0 Å². The summed E-state index contributed by atoms with van der Waals surface area (Å²) < 4.78 is 7.25. The number of nitrogens with zero attached hydrogens (tertiary/aromatic N) is 3. The number of para-hydroxylation sites is 1. The molecule has 1 saturated heterocycles. The molecule has 3 heterocycles. The Labute approximate surface area is 245 Å². The van der Waals surface area contributed by atoms with E-state index in [1.54, 1.807) is 12.3 Å². The molecule has 1 fully saturated rings. The molecule has 7 nitrogen and oxygen atoms in total. The van der Waals surface area contributed by atoms with Gasteiger partial charge in [-0.05, 0) is 93.0 Å². The molecule has 1 amide bonds. The summed E-state index contributed by atoms with van der Waals surface area (Å²) in [5.41, 5.74) is 9.24. The number of halogens is 1. The molecule has 0 saturated carbocycles. The van der Waals surface area contributed by atoms with E-state index in [9.17, 15) is 4.79 Å². The Hall–Kier alpha value is -3.72. The molecule has 9 heteroatoms. The van der Waals surface area contributed by atoms with Crippen LogP contribution in [0.2, 0.25) is 5.02 Å². The number of hydrogen-bond acceptors (Lipinski definition) is 4. The van der Waals surface area contributed by atoms with Gasteiger partial charge in [0.25, 0.3) is 0 Å². The van der Waals surface area contributed by atoms with Crippen LogP contribution in [0.4, 0.5) is 11.4 Å². The maximum Gasteiger partial charge on any atom is 0.250 e. The number of aryl methyl sites for hydroxylation is 3. The van der Waals surface area contributed by atoms with Gasteiger partial charge >= 0.3 is 0 Å². The summed E-state index contributed by atoms with van der Waals surface area (Å²) in [5, 5.41) is 7.30. The molecule has 206 valence electrons. The van der Waals surface area contributed by atoms with Gasteiger partial charge in [-0.25, -0.2) is 0 Å². The van der Waals surface area contributed by atoms with E-state index in [0.717, 1.165) is 28.3 Å². The van der Waals surface area contributed by atoms with Gasteiger partial charge < -0.3 is 24.8 Å². The molecule has 4 aromatic rings. The molecule has 2 atom stereocenters. The van der Waals surface area contributed by atoms with Crippen molar-refractivity contribution in [1.82, 2.24) is 14.9 Å². The van der Waals surface area contributed by atoms with E-state index in [1.807, 2.05) is 30.3 Å². The molecule has 2 N–H and O–H groups in total. The first-order chi connectivity index (χ1) is 19.2. The fourth-order valence-electron chi connectivity index (χ4n) is 5.61. The number of aromatic nitrogens is 2. The number of hydrogen-bond donors (Lipinski definition) is 2. The summed E-state index contributed by atoms with van der Waals surface area (Å²) in [6, 6.07) is 19.7. The highest BCUT2D eigenvalue weighted by Gasteiger charge is 2.42. The lowest BCUT2D eigenvalue weighted by Crippen LogP contribution is -2.29. The molecular weight excluding hydrogens is 542 g/mol. The highest BCUT2D eigenvalue weighted by atomic mass is 35.5. The Balaban J connectivity index is 1.63. The van der Waals surface area contributed by atoms with E-state index in [-0.39, 0.29) is 24.6 Å². The Morgan fingerprint density at radius 3 is 2.48 bits per heavy atom. The van der Waals surface area contributed by atoms with Crippen LogP contribution in [0, 0.1) is 27.7 Å². The van der Waals surface area contributed by atoms with E-state index < -0.39 is 0 Å². The average molecular weight is 574 g/mol. The summed E-state index contributed by atoms with van der Waals surface area (Å²) in [4.78, 5) is 18.9. The molecule has 2 aromatic heterocycles. The minimum atomic E-state index is -0.275. The molecule has 1 aliphatic rings. The predicted octanol–water partition coefficient (Wildman–Crippen LogP) is 6.52. The normalized spacial score (nSPS) is 16.8. The SMILES string of the molecule is COCC(=O)Nc1ccc(N2C(=S)N[C@@H](c3ccccn3)[C@@H]2c2cc(C)n(-c3c(C)cccc3C)c2C)cc1Cl. The number of pyridine rings is 1. The largest absolute Gasteiger partial charge is 0.375 e. The second kappa shape index (κ2) is 11.4. The lowest BCUT2D eigenvalue weighted by Gasteiger charge is -2.29. The number of nitrogens with one attached hydrogen (secondary N) is 2. The minimum absolute atomic E-state index is 0.0536. The number of rotatable bonds is 7. The Bertz CT molecular complexity index is 1570. The van der Waals surface area contributed by atoms with Crippen molar-refractivity contribution in [2.45, 2.75) is 39.8 Å². The second-order valence-corrected chi connectivity index (χ2v) is 10.8. The third-order valence-electron chi connectivity index (χ3n) is 7.33. The molecular formula is C31H32ClN5O2S. The number of amides is 1. The number of ether oxygens (including phenoxy) is 1. The van der Waals surface area contributed by atoms with Gasteiger partial charge in [-0.3, -0.25) is 9.78 Å². The van der Waals surface area contributed by atoms with Gasteiger partial charge in [-0.1, -0.05) is 35.9 Å². The number of anilines is 2. The third-order valence-corrected chi connectivity index (χ3v) is 7.96. The number of methoxy groups -OCH3 is 1. The lowest BCUT2D eigenvalue weighted by atomic mass is 9.96. The van der Waals surface area contributed by atoms with Crippen LogP contribution in [0.3, 0.4) is 0 Å². The molecule has 0 unspecified atom stereocenters. The van der Waals surface area contributed by atoms with Crippen LogP contribution in [-0.4, -0.2) is 34.3 Å². The van der Waals surface area contributed by atoms with Crippen molar-refractivity contribution in [3.05, 3.63) is 106 Å². The monoisotopic (exact) mass is 573 g/mol. The van der Waals surface area contributed by atoms with Crippen molar-refractivity contribution < 1.29 is 9.53 Å². The Morgan fingerprint density at radius 1 is 1.07 bits per heavy atom. The fraction of sp³-hybridized carbons (Fsp3) is 0.258. The van der Waals surface area contributed by atoms with Crippen molar-refractivity contribution in [3.63, 3.8) is 0 Å². The van der Waals surface area contributed by atoms with Crippen LogP contribution >= 0.6 is 23.8 Å². The zero-order valence-electron chi connectivity index (χ0n) is 23.2. The maximum absolute atomic E-state index is 12.1. The highest BCUT2D eigenvalue weighted by molar-refractivity contribution is 7.80. The Morgan fingerprint density at radius 2 is 1.82 bits per heavy atom. The summed E-state index contributed by atoms with van der Waals surface area (Å²) in [5.74, 6) is -0.275. The summed E-state index contributed by atoms with van der Waals surface area (Å²) in [6.45, 7) is 8.53. The molecule has 2 aromatic carbocycles. The smallest absolute Gasteiger partial charge is 0.250 e. The Kier molecular flexibility index (Phi) is 7.94. The van der Waals surface area contributed by atoms with E-state index >= 15 is 0 Å². The number of thiocarbonyl (C=S) groups is 1. The van der Waals surface area contributed by atoms with Crippen LogP contribution in [0.5, 0.6) is 0 Å². The second-order valence-electron chi connectivity index (χ2n) is 10.0. The standard InChI is InChI=1S/C31H32ClN5O2S/c1-18-9-8-10-19(2)29(18)36-20(3)15-23(21(36)4)30-28(26-11-6-7-14-33-26)35-31(40)37(30)22-12-13-25(24(32)16-22)34-27(38)17-39-5/h6-16,28,30H,17H2,1-5H3,(H,34,38)(H,35,40)/t28-,30-/m0/s1. The van der Waals surface area contributed by atoms with Gasteiger partial charge in [-0.2, -0.15) is 0 Å². The van der Waals surface area contributed by atoms with Crippen LogP contribution in [0.1, 0.15) is 45.9 Å². The average Bonchev–Trinajstić information content (AvgIpc) is 3.41. The molecule has 0 bridgehead atoms.